The molecule has 0 saturated carbocycles. The van der Waals surface area contributed by atoms with Crippen molar-refractivity contribution in [1.82, 2.24) is 14.8 Å². The molecule has 0 bridgehead atoms. The van der Waals surface area contributed by atoms with Crippen LogP contribution in [0, 0.1) is 5.82 Å². The first-order valence-corrected chi connectivity index (χ1v) is 6.22. The number of carbonyl (C=O) groups excluding carboxylic acids is 1. The summed E-state index contributed by atoms with van der Waals surface area (Å²) in [6.07, 6.45) is 1.63. The summed E-state index contributed by atoms with van der Waals surface area (Å²) in [7, 11) is 0. The van der Waals surface area contributed by atoms with Crippen LogP contribution in [-0.4, -0.2) is 20.5 Å². The Hall–Kier alpha value is -2.56. The van der Waals surface area contributed by atoms with Crippen molar-refractivity contribution in [3.05, 3.63) is 59.7 Å². The van der Waals surface area contributed by atoms with E-state index in [-0.39, 0.29) is 18.1 Å². The SMILES string of the molecule is CC(=O)c1nn(Cc2ccccc2F)c2ncccc12. The van der Waals surface area contributed by atoms with Crippen molar-refractivity contribution in [3.8, 4) is 0 Å². The molecule has 4 nitrogen and oxygen atoms in total. The van der Waals surface area contributed by atoms with Gasteiger partial charge in [0.1, 0.15) is 11.5 Å². The van der Waals surface area contributed by atoms with Crippen LogP contribution in [0.2, 0.25) is 0 Å². The van der Waals surface area contributed by atoms with Gasteiger partial charge >= 0.3 is 0 Å². The standard InChI is InChI=1S/C15H12FN3O/c1-10(20)14-12-6-4-8-17-15(12)19(18-14)9-11-5-2-3-7-13(11)16/h2-8H,9H2,1H3. The van der Waals surface area contributed by atoms with Crippen LogP contribution >= 0.6 is 0 Å². The second kappa shape index (κ2) is 4.85. The van der Waals surface area contributed by atoms with Gasteiger partial charge in [0, 0.05) is 18.7 Å². The Kier molecular flexibility index (Phi) is 3.02. The van der Waals surface area contributed by atoms with Gasteiger partial charge in [-0.15, -0.1) is 0 Å². The Morgan fingerprint density at radius 2 is 2.05 bits per heavy atom. The first-order chi connectivity index (χ1) is 9.66. The van der Waals surface area contributed by atoms with Gasteiger partial charge in [0.2, 0.25) is 0 Å². The van der Waals surface area contributed by atoms with Gasteiger partial charge in [-0.3, -0.25) is 4.79 Å². The van der Waals surface area contributed by atoms with Gasteiger partial charge in [0.15, 0.2) is 11.4 Å². The number of ketones is 1. The zero-order valence-corrected chi connectivity index (χ0v) is 10.9. The smallest absolute Gasteiger partial charge is 0.180 e. The fourth-order valence-electron chi connectivity index (χ4n) is 2.17. The molecule has 5 heteroatoms. The first-order valence-electron chi connectivity index (χ1n) is 6.22. The molecule has 1 aromatic carbocycles. The lowest BCUT2D eigenvalue weighted by Gasteiger charge is -2.04. The molecular formula is C15H12FN3O. The summed E-state index contributed by atoms with van der Waals surface area (Å²) in [6, 6.07) is 10.1. The third-order valence-corrected chi connectivity index (χ3v) is 3.12. The van der Waals surface area contributed by atoms with Crippen molar-refractivity contribution < 1.29 is 9.18 Å². The van der Waals surface area contributed by atoms with E-state index in [4.69, 9.17) is 0 Å². The van der Waals surface area contributed by atoms with E-state index in [1.165, 1.54) is 13.0 Å². The van der Waals surface area contributed by atoms with Gasteiger partial charge in [0.05, 0.1) is 11.9 Å². The Balaban J connectivity index is 2.13. The summed E-state index contributed by atoms with van der Waals surface area (Å²) in [6.45, 7) is 1.70. The van der Waals surface area contributed by atoms with Crippen molar-refractivity contribution in [2.45, 2.75) is 13.5 Å². The maximum absolute atomic E-state index is 13.7. The molecule has 0 aliphatic heterocycles. The summed E-state index contributed by atoms with van der Waals surface area (Å²) in [5.74, 6) is -0.424. The van der Waals surface area contributed by atoms with Gasteiger partial charge in [-0.25, -0.2) is 14.1 Å². The number of halogens is 1. The van der Waals surface area contributed by atoms with Crippen LogP contribution < -0.4 is 0 Å². The molecule has 3 rings (SSSR count). The molecule has 100 valence electrons. The summed E-state index contributed by atoms with van der Waals surface area (Å²) in [4.78, 5) is 15.9. The molecule has 0 spiro atoms. The third-order valence-electron chi connectivity index (χ3n) is 3.12. The van der Waals surface area contributed by atoms with Gasteiger partial charge in [0.25, 0.3) is 0 Å². The lowest BCUT2D eigenvalue weighted by molar-refractivity contribution is 0.101. The van der Waals surface area contributed by atoms with Gasteiger partial charge in [-0.2, -0.15) is 5.10 Å². The Morgan fingerprint density at radius 1 is 1.25 bits per heavy atom. The quantitative estimate of drug-likeness (QED) is 0.687. The Labute approximate surface area is 114 Å². The minimum atomic E-state index is -0.295. The molecule has 0 amide bonds. The topological polar surface area (TPSA) is 47.8 Å². The highest BCUT2D eigenvalue weighted by atomic mass is 19.1. The highest BCUT2D eigenvalue weighted by Crippen LogP contribution is 2.18. The lowest BCUT2D eigenvalue weighted by atomic mass is 10.2. The van der Waals surface area contributed by atoms with E-state index in [0.29, 0.717) is 22.3 Å². The second-order valence-corrected chi connectivity index (χ2v) is 4.53. The number of Topliss-reactive ketones (excluding diaryl/α,β-unsaturated/α-hetero) is 1. The van der Waals surface area contributed by atoms with Gasteiger partial charge in [-0.05, 0) is 18.2 Å². The zero-order valence-electron chi connectivity index (χ0n) is 10.9. The normalized spacial score (nSPS) is 10.9. The second-order valence-electron chi connectivity index (χ2n) is 4.53. The highest BCUT2D eigenvalue weighted by molar-refractivity contribution is 6.03. The molecule has 0 aliphatic carbocycles. The number of pyridine rings is 1. The molecule has 0 atom stereocenters. The van der Waals surface area contributed by atoms with E-state index < -0.39 is 0 Å². The van der Waals surface area contributed by atoms with E-state index in [1.807, 2.05) is 0 Å². The molecular weight excluding hydrogens is 257 g/mol. The molecule has 0 N–H and O–H groups in total. The number of carbonyl (C=O) groups is 1. The van der Waals surface area contributed by atoms with E-state index in [1.54, 1.807) is 41.2 Å². The van der Waals surface area contributed by atoms with Crippen LogP contribution in [0.25, 0.3) is 11.0 Å². The van der Waals surface area contributed by atoms with Crippen LogP contribution in [0.1, 0.15) is 23.0 Å². The van der Waals surface area contributed by atoms with Gasteiger partial charge < -0.3 is 0 Å². The molecule has 20 heavy (non-hydrogen) atoms. The average Bonchev–Trinajstić information content (AvgIpc) is 2.81. The first kappa shape index (κ1) is 12.5. The lowest BCUT2D eigenvalue weighted by Crippen LogP contribution is -2.05. The number of aromatic nitrogens is 3. The monoisotopic (exact) mass is 269 g/mol. The summed E-state index contributed by atoms with van der Waals surface area (Å²) in [5.41, 5.74) is 1.46. The maximum Gasteiger partial charge on any atom is 0.180 e. The van der Waals surface area contributed by atoms with Gasteiger partial charge in [-0.1, -0.05) is 18.2 Å². The largest absolute Gasteiger partial charge is 0.293 e. The van der Waals surface area contributed by atoms with Crippen molar-refractivity contribution in [3.63, 3.8) is 0 Å². The number of fused-ring (bicyclic) bond motifs is 1. The third kappa shape index (κ3) is 2.07. The van der Waals surface area contributed by atoms with Crippen LogP contribution in [0.3, 0.4) is 0 Å². The number of rotatable bonds is 3. The van der Waals surface area contributed by atoms with Crippen LogP contribution in [0.5, 0.6) is 0 Å². The van der Waals surface area contributed by atoms with E-state index in [0.717, 1.165) is 0 Å². The molecule has 2 aromatic heterocycles. The van der Waals surface area contributed by atoms with E-state index >= 15 is 0 Å². The fraction of sp³-hybridized carbons (Fsp3) is 0.133. The molecule has 2 heterocycles. The maximum atomic E-state index is 13.7. The Morgan fingerprint density at radius 3 is 2.80 bits per heavy atom. The van der Waals surface area contributed by atoms with Crippen molar-refractivity contribution in [2.24, 2.45) is 0 Å². The highest BCUT2D eigenvalue weighted by Gasteiger charge is 2.15. The fourth-order valence-corrected chi connectivity index (χ4v) is 2.17. The molecule has 0 unspecified atom stereocenters. The van der Waals surface area contributed by atoms with Crippen molar-refractivity contribution >= 4 is 16.8 Å². The Bertz CT molecular complexity index is 795. The molecule has 0 saturated heterocycles. The number of hydrogen-bond donors (Lipinski definition) is 0. The molecule has 0 radical (unpaired) electrons. The zero-order chi connectivity index (χ0) is 14.1. The number of hydrogen-bond acceptors (Lipinski definition) is 3. The number of benzene rings is 1. The minimum Gasteiger partial charge on any atom is -0.293 e. The summed E-state index contributed by atoms with van der Waals surface area (Å²) >= 11 is 0. The summed E-state index contributed by atoms with van der Waals surface area (Å²) < 4.78 is 15.3. The van der Waals surface area contributed by atoms with Crippen molar-refractivity contribution in [1.29, 1.82) is 0 Å². The predicted molar refractivity (Wildman–Crippen MR) is 73.0 cm³/mol. The average molecular weight is 269 g/mol. The van der Waals surface area contributed by atoms with E-state index in [2.05, 4.69) is 10.1 Å². The van der Waals surface area contributed by atoms with Crippen LogP contribution in [0.15, 0.2) is 42.6 Å². The molecule has 0 aliphatic rings. The van der Waals surface area contributed by atoms with E-state index in [9.17, 15) is 9.18 Å². The van der Waals surface area contributed by atoms with Crippen LogP contribution in [0.4, 0.5) is 4.39 Å². The molecule has 0 fully saturated rings. The predicted octanol–water partition coefficient (Wildman–Crippen LogP) is 2.82. The van der Waals surface area contributed by atoms with Crippen molar-refractivity contribution in [2.75, 3.05) is 0 Å². The summed E-state index contributed by atoms with van der Waals surface area (Å²) in [5, 5.41) is 4.95. The number of nitrogens with zero attached hydrogens (tertiary/aromatic N) is 3. The molecule has 3 aromatic rings. The van der Waals surface area contributed by atoms with Crippen LogP contribution in [-0.2, 0) is 6.54 Å². The minimum absolute atomic E-state index is 0.129.